The van der Waals surface area contributed by atoms with Gasteiger partial charge in [-0.2, -0.15) is 5.10 Å². The third-order valence-corrected chi connectivity index (χ3v) is 5.01. The molecule has 0 radical (unpaired) electrons. The average Bonchev–Trinajstić information content (AvgIpc) is 2.75. The predicted molar refractivity (Wildman–Crippen MR) is 112 cm³/mol. The molecule has 1 unspecified atom stereocenters. The summed E-state index contributed by atoms with van der Waals surface area (Å²) in [6, 6.07) is 11.5. The minimum Gasteiger partial charge on any atom is -0.493 e. The number of halogens is 3. The summed E-state index contributed by atoms with van der Waals surface area (Å²) in [6.07, 6.45) is -3.93. The Morgan fingerprint density at radius 2 is 1.84 bits per heavy atom. The van der Waals surface area contributed by atoms with Gasteiger partial charge < -0.3 is 9.47 Å². The maximum absolute atomic E-state index is 12.7. The zero-order valence-electron chi connectivity index (χ0n) is 17.9. The van der Waals surface area contributed by atoms with Gasteiger partial charge in [0.2, 0.25) is 5.91 Å². The van der Waals surface area contributed by atoms with E-state index in [9.17, 15) is 18.0 Å². The van der Waals surface area contributed by atoms with Gasteiger partial charge in [0.15, 0.2) is 11.5 Å². The summed E-state index contributed by atoms with van der Waals surface area (Å²) in [5.41, 5.74) is 5.53. The summed E-state index contributed by atoms with van der Waals surface area (Å²) in [5.74, 6) is -0.789. The number of ether oxygens (including phenoxy) is 2. The quantitative estimate of drug-likeness (QED) is 0.588. The number of hydrogen-bond donors (Lipinski definition) is 1. The third kappa shape index (κ3) is 5.70. The lowest BCUT2D eigenvalue weighted by Crippen LogP contribution is -2.36. The molecule has 0 spiro atoms. The number of rotatable bonds is 8. The van der Waals surface area contributed by atoms with Crippen molar-refractivity contribution in [2.24, 2.45) is 11.0 Å². The van der Waals surface area contributed by atoms with Crippen molar-refractivity contribution >= 4 is 17.3 Å². The van der Waals surface area contributed by atoms with Crippen molar-refractivity contribution < 1.29 is 32.3 Å². The molecule has 0 bridgehead atoms. The Hall–Kier alpha value is -3.27. The van der Waals surface area contributed by atoms with Gasteiger partial charge in [-0.3, -0.25) is 15.1 Å². The van der Waals surface area contributed by atoms with Gasteiger partial charge in [0, 0.05) is 17.9 Å². The molecule has 10 heteroatoms. The fraction of sp³-hybridized carbons (Fsp3) is 0.364. The van der Waals surface area contributed by atoms with Gasteiger partial charge in [-0.1, -0.05) is 19.1 Å². The van der Waals surface area contributed by atoms with Gasteiger partial charge in [-0.15, -0.1) is 13.2 Å². The van der Waals surface area contributed by atoms with E-state index in [-0.39, 0.29) is 30.5 Å². The van der Waals surface area contributed by atoms with Gasteiger partial charge in [0.25, 0.3) is 0 Å². The number of alkyl halides is 3. The van der Waals surface area contributed by atoms with Gasteiger partial charge in [-0.25, -0.2) is 5.01 Å². The van der Waals surface area contributed by atoms with E-state index in [4.69, 9.17) is 9.57 Å². The van der Waals surface area contributed by atoms with Crippen LogP contribution in [0.15, 0.2) is 47.6 Å². The number of nitrogens with zero attached hydrogens (tertiary/aromatic N) is 2. The molecule has 32 heavy (non-hydrogen) atoms. The second-order valence-corrected chi connectivity index (χ2v) is 7.16. The first kappa shape index (κ1) is 23.4. The molecule has 7 nitrogen and oxygen atoms in total. The van der Waals surface area contributed by atoms with Crippen molar-refractivity contribution in [2.45, 2.75) is 32.7 Å². The van der Waals surface area contributed by atoms with Crippen LogP contribution in [0.2, 0.25) is 0 Å². The number of methoxy groups -OCH3 is 1. The van der Waals surface area contributed by atoms with Crippen LogP contribution >= 0.6 is 0 Å². The number of amides is 1. The van der Waals surface area contributed by atoms with Crippen LogP contribution in [-0.4, -0.2) is 37.2 Å². The molecule has 0 saturated heterocycles. The standard InChI is InChI=1S/C22H24F3N3O4/c1-4-15-12-20(29)28(13-14-5-8-17(9-6-14)27-31-3)26-21(15)16-7-10-18(19(11-16)30-2)32-22(23,24)25/h5-11,15,27H,4,12-13H2,1-3H3. The van der Waals surface area contributed by atoms with E-state index in [2.05, 4.69) is 15.3 Å². The molecule has 1 amide bonds. The predicted octanol–water partition coefficient (Wildman–Crippen LogP) is 4.73. The number of nitrogens with one attached hydrogen (secondary N) is 1. The van der Waals surface area contributed by atoms with E-state index in [0.717, 1.165) is 11.3 Å². The van der Waals surface area contributed by atoms with E-state index in [0.29, 0.717) is 17.7 Å². The highest BCUT2D eigenvalue weighted by Gasteiger charge is 2.33. The number of carbonyl (C=O) groups excluding carboxylic acids is 1. The van der Waals surface area contributed by atoms with Crippen LogP contribution in [0.25, 0.3) is 0 Å². The molecule has 1 aliphatic rings. The van der Waals surface area contributed by atoms with Crippen molar-refractivity contribution in [3.05, 3.63) is 53.6 Å². The Morgan fingerprint density at radius 1 is 1.12 bits per heavy atom. The molecular formula is C22H24F3N3O4. The van der Waals surface area contributed by atoms with Gasteiger partial charge in [-0.05, 0) is 42.3 Å². The number of anilines is 1. The Labute approximate surface area is 183 Å². The summed E-state index contributed by atoms with van der Waals surface area (Å²) in [7, 11) is 2.78. The molecule has 2 aromatic carbocycles. The van der Waals surface area contributed by atoms with Crippen molar-refractivity contribution in [1.82, 2.24) is 5.01 Å². The fourth-order valence-corrected chi connectivity index (χ4v) is 3.44. The fourth-order valence-electron chi connectivity index (χ4n) is 3.44. The van der Waals surface area contributed by atoms with Crippen LogP contribution in [0, 0.1) is 5.92 Å². The molecule has 1 N–H and O–H groups in total. The second kappa shape index (κ2) is 9.90. The summed E-state index contributed by atoms with van der Waals surface area (Å²) >= 11 is 0. The van der Waals surface area contributed by atoms with Crippen molar-refractivity contribution in [3.8, 4) is 11.5 Å². The number of hydrazone groups is 1. The van der Waals surface area contributed by atoms with Crippen LogP contribution in [0.4, 0.5) is 18.9 Å². The first-order valence-corrected chi connectivity index (χ1v) is 9.95. The van der Waals surface area contributed by atoms with Gasteiger partial charge in [0.05, 0.1) is 32.2 Å². The monoisotopic (exact) mass is 451 g/mol. The lowest BCUT2D eigenvalue weighted by Gasteiger charge is -2.29. The molecule has 0 saturated carbocycles. The normalized spacial score (nSPS) is 16.6. The number of hydrogen-bond acceptors (Lipinski definition) is 6. The van der Waals surface area contributed by atoms with Crippen LogP contribution < -0.4 is 15.0 Å². The van der Waals surface area contributed by atoms with Crippen molar-refractivity contribution in [2.75, 3.05) is 19.7 Å². The van der Waals surface area contributed by atoms with Crippen molar-refractivity contribution in [3.63, 3.8) is 0 Å². The molecule has 0 aromatic heterocycles. The van der Waals surface area contributed by atoms with E-state index >= 15 is 0 Å². The molecule has 1 aliphatic heterocycles. The van der Waals surface area contributed by atoms with Gasteiger partial charge in [0.1, 0.15) is 0 Å². The maximum atomic E-state index is 12.7. The minimum atomic E-state index is -4.83. The number of benzene rings is 2. The molecule has 0 fully saturated rings. The topological polar surface area (TPSA) is 72.4 Å². The lowest BCUT2D eigenvalue weighted by molar-refractivity contribution is -0.275. The zero-order chi connectivity index (χ0) is 23.3. The molecule has 2 aromatic rings. The smallest absolute Gasteiger partial charge is 0.493 e. The summed E-state index contributed by atoms with van der Waals surface area (Å²) < 4.78 is 47.0. The Bertz CT molecular complexity index is 977. The molecule has 0 aliphatic carbocycles. The first-order chi connectivity index (χ1) is 15.2. The SMILES string of the molecule is CCC1CC(=O)N(Cc2ccc(NOC)cc2)N=C1c1ccc(OC(F)(F)F)c(OC)c1. The lowest BCUT2D eigenvalue weighted by atomic mass is 9.89. The zero-order valence-corrected chi connectivity index (χ0v) is 17.9. The molecule has 1 heterocycles. The highest BCUT2D eigenvalue weighted by Crippen LogP contribution is 2.35. The highest BCUT2D eigenvalue weighted by atomic mass is 19.4. The van der Waals surface area contributed by atoms with Crippen LogP contribution in [-0.2, 0) is 16.2 Å². The summed E-state index contributed by atoms with van der Waals surface area (Å²) in [5, 5.41) is 5.94. The van der Waals surface area contributed by atoms with Crippen molar-refractivity contribution in [1.29, 1.82) is 0 Å². The van der Waals surface area contributed by atoms with E-state index in [1.165, 1.54) is 37.4 Å². The molecule has 172 valence electrons. The average molecular weight is 451 g/mol. The highest BCUT2D eigenvalue weighted by molar-refractivity contribution is 6.06. The van der Waals surface area contributed by atoms with E-state index in [1.807, 2.05) is 31.2 Å². The summed E-state index contributed by atoms with van der Waals surface area (Å²) in [4.78, 5) is 17.5. The Balaban J connectivity index is 1.89. The van der Waals surface area contributed by atoms with Crippen LogP contribution in [0.5, 0.6) is 11.5 Å². The number of carbonyl (C=O) groups is 1. The molecule has 3 rings (SSSR count). The van der Waals surface area contributed by atoms with Crippen LogP contribution in [0.3, 0.4) is 0 Å². The molecule has 1 atom stereocenters. The maximum Gasteiger partial charge on any atom is 0.573 e. The molecular weight excluding hydrogens is 427 g/mol. The largest absolute Gasteiger partial charge is 0.573 e. The third-order valence-electron chi connectivity index (χ3n) is 5.01. The van der Waals surface area contributed by atoms with Gasteiger partial charge >= 0.3 is 6.36 Å². The van der Waals surface area contributed by atoms with E-state index in [1.54, 1.807) is 0 Å². The second-order valence-electron chi connectivity index (χ2n) is 7.16. The minimum absolute atomic E-state index is 0.0675. The van der Waals surface area contributed by atoms with E-state index < -0.39 is 12.1 Å². The van der Waals surface area contributed by atoms with Crippen LogP contribution in [0.1, 0.15) is 30.9 Å². The Kier molecular flexibility index (Phi) is 7.24. The Morgan fingerprint density at radius 3 is 2.44 bits per heavy atom. The first-order valence-electron chi connectivity index (χ1n) is 9.95. The summed E-state index contributed by atoms with van der Waals surface area (Å²) in [6.45, 7) is 2.20.